The number of thiophene rings is 1. The zero-order valence-corrected chi connectivity index (χ0v) is 12.4. The van der Waals surface area contributed by atoms with Gasteiger partial charge in [0, 0.05) is 11.4 Å². The number of rotatable bonds is 3. The number of amides is 1. The minimum atomic E-state index is -0.0295. The monoisotopic (exact) mass is 292 g/mol. The predicted octanol–water partition coefficient (Wildman–Crippen LogP) is 3.79. The Kier molecular flexibility index (Phi) is 3.66. The number of nitrogens with zero attached hydrogens (tertiary/aromatic N) is 1. The molecule has 100 valence electrons. The lowest BCUT2D eigenvalue weighted by atomic mass is 10.1. The Morgan fingerprint density at radius 3 is 3.00 bits per heavy atom. The number of carbonyl (C=O) groups is 1. The van der Waals surface area contributed by atoms with E-state index in [2.05, 4.69) is 17.2 Å². The van der Waals surface area contributed by atoms with Crippen LogP contribution in [0.25, 0.3) is 9.88 Å². The molecule has 1 fully saturated rings. The van der Waals surface area contributed by atoms with Gasteiger partial charge in [-0.2, -0.15) is 0 Å². The third-order valence-corrected chi connectivity index (χ3v) is 5.38. The molecular weight excluding hydrogens is 276 g/mol. The summed E-state index contributed by atoms with van der Waals surface area (Å²) in [7, 11) is 0. The van der Waals surface area contributed by atoms with E-state index in [4.69, 9.17) is 0 Å². The standard InChI is InChI=1S/C14H16N2OS2/c1-9-4-5-10(7-9)15-13(17)11-8-19-14(16-11)12-3-2-6-18-12/h2-3,6,8-10H,4-5,7H2,1H3,(H,15,17). The van der Waals surface area contributed by atoms with Crippen LogP contribution in [0.15, 0.2) is 22.9 Å². The van der Waals surface area contributed by atoms with Crippen LogP contribution in [0.5, 0.6) is 0 Å². The van der Waals surface area contributed by atoms with Gasteiger partial charge in [0.2, 0.25) is 0 Å². The SMILES string of the molecule is CC1CCC(NC(=O)c2csc(-c3cccs3)n2)C1. The molecule has 1 aliphatic carbocycles. The molecule has 0 saturated heterocycles. The van der Waals surface area contributed by atoms with Gasteiger partial charge in [-0.3, -0.25) is 4.79 Å². The van der Waals surface area contributed by atoms with Gasteiger partial charge in [-0.25, -0.2) is 4.98 Å². The predicted molar refractivity (Wildman–Crippen MR) is 79.7 cm³/mol. The van der Waals surface area contributed by atoms with Gasteiger partial charge >= 0.3 is 0 Å². The molecule has 19 heavy (non-hydrogen) atoms. The Bertz CT molecular complexity index is 562. The average molecular weight is 292 g/mol. The van der Waals surface area contributed by atoms with Crippen LogP contribution in [0.1, 0.15) is 36.7 Å². The van der Waals surface area contributed by atoms with Crippen LogP contribution in [0.3, 0.4) is 0 Å². The highest BCUT2D eigenvalue weighted by Crippen LogP contribution is 2.28. The van der Waals surface area contributed by atoms with Crippen LogP contribution in [0.2, 0.25) is 0 Å². The minimum absolute atomic E-state index is 0.0295. The lowest BCUT2D eigenvalue weighted by Gasteiger charge is -2.10. The number of nitrogens with one attached hydrogen (secondary N) is 1. The largest absolute Gasteiger partial charge is 0.348 e. The van der Waals surface area contributed by atoms with E-state index < -0.39 is 0 Å². The molecule has 2 aromatic heterocycles. The molecule has 3 rings (SSSR count). The fourth-order valence-corrected chi connectivity index (χ4v) is 4.10. The van der Waals surface area contributed by atoms with Crippen LogP contribution in [0.4, 0.5) is 0 Å². The first-order valence-corrected chi connectivity index (χ1v) is 8.28. The lowest BCUT2D eigenvalue weighted by molar-refractivity contribution is 0.0933. The molecule has 1 amide bonds. The van der Waals surface area contributed by atoms with E-state index in [-0.39, 0.29) is 5.91 Å². The summed E-state index contributed by atoms with van der Waals surface area (Å²) in [6.07, 6.45) is 3.39. The Hall–Kier alpha value is -1.20. The Labute approximate surface area is 120 Å². The van der Waals surface area contributed by atoms with Crippen LogP contribution in [0, 0.1) is 5.92 Å². The highest BCUT2D eigenvalue weighted by Gasteiger charge is 2.24. The molecule has 2 aromatic rings. The summed E-state index contributed by atoms with van der Waals surface area (Å²) in [5.74, 6) is 0.695. The van der Waals surface area contributed by atoms with Crippen molar-refractivity contribution in [1.29, 1.82) is 0 Å². The van der Waals surface area contributed by atoms with Gasteiger partial charge in [0.05, 0.1) is 4.88 Å². The molecule has 0 radical (unpaired) electrons. The van der Waals surface area contributed by atoms with Crippen LogP contribution < -0.4 is 5.32 Å². The molecule has 2 atom stereocenters. The first-order chi connectivity index (χ1) is 9.22. The van der Waals surface area contributed by atoms with Gasteiger partial charge in [0.1, 0.15) is 10.7 Å². The van der Waals surface area contributed by atoms with Crippen LogP contribution in [-0.4, -0.2) is 16.9 Å². The van der Waals surface area contributed by atoms with Crippen molar-refractivity contribution >= 4 is 28.6 Å². The van der Waals surface area contributed by atoms with Crippen molar-refractivity contribution in [3.8, 4) is 9.88 Å². The van der Waals surface area contributed by atoms with Crippen LogP contribution >= 0.6 is 22.7 Å². The van der Waals surface area contributed by atoms with Crippen molar-refractivity contribution in [3.05, 3.63) is 28.6 Å². The van der Waals surface area contributed by atoms with Crippen molar-refractivity contribution in [3.63, 3.8) is 0 Å². The van der Waals surface area contributed by atoms with Crippen molar-refractivity contribution in [2.24, 2.45) is 5.92 Å². The topological polar surface area (TPSA) is 42.0 Å². The van der Waals surface area contributed by atoms with E-state index in [1.54, 1.807) is 11.3 Å². The first kappa shape index (κ1) is 12.8. The quantitative estimate of drug-likeness (QED) is 0.935. The molecule has 0 aliphatic heterocycles. The van der Waals surface area contributed by atoms with Gasteiger partial charge in [-0.1, -0.05) is 13.0 Å². The third-order valence-electron chi connectivity index (χ3n) is 3.50. The average Bonchev–Trinajstić information content (AvgIpc) is 3.08. The normalized spacial score (nSPS) is 22.6. The molecule has 0 bridgehead atoms. The number of hydrogen-bond donors (Lipinski definition) is 1. The first-order valence-electron chi connectivity index (χ1n) is 6.52. The molecule has 5 heteroatoms. The van der Waals surface area contributed by atoms with Crippen molar-refractivity contribution in [2.75, 3.05) is 0 Å². The van der Waals surface area contributed by atoms with Gasteiger partial charge in [-0.15, -0.1) is 22.7 Å². The maximum atomic E-state index is 12.1. The number of aromatic nitrogens is 1. The Morgan fingerprint density at radius 2 is 2.32 bits per heavy atom. The molecule has 0 aromatic carbocycles. The number of hydrogen-bond acceptors (Lipinski definition) is 4. The molecule has 1 saturated carbocycles. The van der Waals surface area contributed by atoms with Gasteiger partial charge in [0.15, 0.2) is 0 Å². The molecule has 2 unspecified atom stereocenters. The van der Waals surface area contributed by atoms with Gasteiger partial charge in [0.25, 0.3) is 5.91 Å². The molecule has 0 spiro atoms. The van der Waals surface area contributed by atoms with E-state index >= 15 is 0 Å². The summed E-state index contributed by atoms with van der Waals surface area (Å²) < 4.78 is 0. The lowest BCUT2D eigenvalue weighted by Crippen LogP contribution is -2.33. The fraction of sp³-hybridized carbons (Fsp3) is 0.429. The molecule has 2 heterocycles. The van der Waals surface area contributed by atoms with Gasteiger partial charge < -0.3 is 5.32 Å². The molecular formula is C14H16N2OS2. The maximum absolute atomic E-state index is 12.1. The van der Waals surface area contributed by atoms with E-state index in [0.29, 0.717) is 11.7 Å². The van der Waals surface area contributed by atoms with Gasteiger partial charge in [-0.05, 0) is 36.6 Å². The Balaban J connectivity index is 1.67. The maximum Gasteiger partial charge on any atom is 0.270 e. The number of thiazole rings is 1. The third kappa shape index (κ3) is 2.87. The summed E-state index contributed by atoms with van der Waals surface area (Å²) in [5, 5.41) is 7.90. The van der Waals surface area contributed by atoms with Crippen molar-refractivity contribution in [1.82, 2.24) is 10.3 Å². The zero-order valence-electron chi connectivity index (χ0n) is 10.8. The summed E-state index contributed by atoms with van der Waals surface area (Å²) in [5.41, 5.74) is 0.549. The molecule has 3 nitrogen and oxygen atoms in total. The van der Waals surface area contributed by atoms with Crippen molar-refractivity contribution < 1.29 is 4.79 Å². The van der Waals surface area contributed by atoms with Crippen molar-refractivity contribution in [2.45, 2.75) is 32.2 Å². The van der Waals surface area contributed by atoms with E-state index in [0.717, 1.165) is 28.6 Å². The van der Waals surface area contributed by atoms with E-state index in [1.807, 2.05) is 22.9 Å². The molecule has 1 aliphatic rings. The fourth-order valence-electron chi connectivity index (χ4n) is 2.49. The summed E-state index contributed by atoms with van der Waals surface area (Å²) in [4.78, 5) is 17.7. The summed E-state index contributed by atoms with van der Waals surface area (Å²) in [6, 6.07) is 4.36. The Morgan fingerprint density at radius 1 is 1.42 bits per heavy atom. The second-order valence-electron chi connectivity index (χ2n) is 5.10. The summed E-state index contributed by atoms with van der Waals surface area (Å²) >= 11 is 3.18. The second-order valence-corrected chi connectivity index (χ2v) is 6.91. The van der Waals surface area contributed by atoms with Crippen LogP contribution in [-0.2, 0) is 0 Å². The second kappa shape index (κ2) is 5.43. The highest BCUT2D eigenvalue weighted by molar-refractivity contribution is 7.20. The zero-order chi connectivity index (χ0) is 13.2. The van der Waals surface area contributed by atoms with E-state index in [9.17, 15) is 4.79 Å². The summed E-state index contributed by atoms with van der Waals surface area (Å²) in [6.45, 7) is 2.24. The molecule has 1 N–H and O–H groups in total. The minimum Gasteiger partial charge on any atom is -0.348 e. The van der Waals surface area contributed by atoms with E-state index in [1.165, 1.54) is 17.8 Å². The number of carbonyl (C=O) groups excluding carboxylic acids is 1. The smallest absolute Gasteiger partial charge is 0.270 e. The highest BCUT2D eigenvalue weighted by atomic mass is 32.1.